The Morgan fingerprint density at radius 2 is 1.96 bits per heavy atom. The van der Waals surface area contributed by atoms with Crippen LogP contribution in [0.25, 0.3) is 0 Å². The van der Waals surface area contributed by atoms with E-state index in [0.717, 1.165) is 10.6 Å². The van der Waals surface area contributed by atoms with Gasteiger partial charge >= 0.3 is 6.03 Å². The van der Waals surface area contributed by atoms with Gasteiger partial charge in [-0.25, -0.2) is 13.2 Å². The zero-order valence-corrected chi connectivity index (χ0v) is 15.5. The highest BCUT2D eigenvalue weighted by atomic mass is 32.2. The van der Waals surface area contributed by atoms with Crippen LogP contribution >= 0.6 is 11.8 Å². The first-order valence-electron chi connectivity index (χ1n) is 8.41. The van der Waals surface area contributed by atoms with Gasteiger partial charge in [-0.15, -0.1) is 11.8 Å². The van der Waals surface area contributed by atoms with Crippen LogP contribution in [-0.2, 0) is 9.84 Å². The van der Waals surface area contributed by atoms with Crippen molar-refractivity contribution in [3.8, 4) is 0 Å². The Morgan fingerprint density at radius 1 is 1.25 bits per heavy atom. The lowest BCUT2D eigenvalue weighted by molar-refractivity contribution is 0.242. The first kappa shape index (κ1) is 17.6. The van der Waals surface area contributed by atoms with E-state index < -0.39 is 15.4 Å². The van der Waals surface area contributed by atoms with Crippen molar-refractivity contribution < 1.29 is 13.2 Å². The molecule has 2 N–H and O–H groups in total. The van der Waals surface area contributed by atoms with Crippen LogP contribution in [0.4, 0.5) is 10.5 Å². The second-order valence-electron chi connectivity index (χ2n) is 7.00. The quantitative estimate of drug-likeness (QED) is 0.854. The molecule has 1 aromatic carbocycles. The summed E-state index contributed by atoms with van der Waals surface area (Å²) in [5, 5.41) is 6.36. The second kappa shape index (κ2) is 6.96. The van der Waals surface area contributed by atoms with Gasteiger partial charge in [0, 0.05) is 10.1 Å². The molecule has 1 aromatic rings. The van der Waals surface area contributed by atoms with Crippen LogP contribution < -0.4 is 10.6 Å². The maximum Gasteiger partial charge on any atom is 0.319 e. The maximum atomic E-state index is 12.3. The minimum atomic E-state index is -3.04. The number of thioether (sulfide) groups is 1. The van der Waals surface area contributed by atoms with Gasteiger partial charge in [-0.3, -0.25) is 0 Å². The third kappa shape index (κ3) is 4.45. The summed E-state index contributed by atoms with van der Waals surface area (Å²) < 4.78 is 23.3. The van der Waals surface area contributed by atoms with Crippen molar-refractivity contribution in [3.63, 3.8) is 0 Å². The van der Waals surface area contributed by atoms with Crippen molar-refractivity contribution in [1.82, 2.24) is 5.32 Å². The largest absolute Gasteiger partial charge is 0.332 e. The SMILES string of the molecule is C[C@@]1(NC(=O)Nc2ccccc2SC2CCCC2)CCS(=O)(=O)C1. The van der Waals surface area contributed by atoms with E-state index in [-0.39, 0.29) is 17.5 Å². The molecule has 0 radical (unpaired) electrons. The van der Waals surface area contributed by atoms with Crippen molar-refractivity contribution in [2.75, 3.05) is 16.8 Å². The number of sulfone groups is 1. The minimum Gasteiger partial charge on any atom is -0.332 e. The molecule has 0 unspecified atom stereocenters. The molecule has 1 saturated carbocycles. The van der Waals surface area contributed by atoms with E-state index in [1.807, 2.05) is 36.0 Å². The Bertz CT molecular complexity index is 714. The van der Waals surface area contributed by atoms with Crippen LogP contribution in [0.3, 0.4) is 0 Å². The number of urea groups is 1. The molecular formula is C17H24N2O3S2. The highest BCUT2D eigenvalue weighted by Gasteiger charge is 2.39. The molecule has 1 aliphatic carbocycles. The fourth-order valence-electron chi connectivity index (χ4n) is 3.40. The summed E-state index contributed by atoms with van der Waals surface area (Å²) in [4.78, 5) is 13.4. The summed E-state index contributed by atoms with van der Waals surface area (Å²) in [6.07, 6.45) is 5.46. The number of nitrogens with one attached hydrogen (secondary N) is 2. The summed E-state index contributed by atoms with van der Waals surface area (Å²) in [5.74, 6) is 0.143. The van der Waals surface area contributed by atoms with Gasteiger partial charge in [-0.2, -0.15) is 0 Å². The average molecular weight is 369 g/mol. The van der Waals surface area contributed by atoms with Crippen LogP contribution in [-0.4, -0.2) is 36.7 Å². The normalized spacial score (nSPS) is 26.4. The van der Waals surface area contributed by atoms with E-state index in [9.17, 15) is 13.2 Å². The lowest BCUT2D eigenvalue weighted by Crippen LogP contribution is -2.48. The van der Waals surface area contributed by atoms with E-state index >= 15 is 0 Å². The number of benzene rings is 1. The third-order valence-electron chi connectivity index (χ3n) is 4.65. The lowest BCUT2D eigenvalue weighted by Gasteiger charge is -2.24. The maximum absolute atomic E-state index is 12.3. The number of anilines is 1. The molecular weight excluding hydrogens is 344 g/mol. The smallest absolute Gasteiger partial charge is 0.319 e. The van der Waals surface area contributed by atoms with Crippen molar-refractivity contribution >= 4 is 33.3 Å². The Balaban J connectivity index is 1.64. The van der Waals surface area contributed by atoms with Gasteiger partial charge < -0.3 is 10.6 Å². The zero-order valence-electron chi connectivity index (χ0n) is 13.9. The Labute approximate surface area is 147 Å². The van der Waals surface area contributed by atoms with Crippen molar-refractivity contribution in [3.05, 3.63) is 24.3 Å². The molecule has 0 aromatic heterocycles. The first-order chi connectivity index (χ1) is 11.4. The first-order valence-corrected chi connectivity index (χ1v) is 11.1. The highest BCUT2D eigenvalue weighted by Crippen LogP contribution is 2.38. The number of carbonyl (C=O) groups excluding carboxylic acids is 1. The molecule has 3 rings (SSSR count). The van der Waals surface area contributed by atoms with Crippen LogP contribution in [0, 0.1) is 0 Å². The standard InChI is InChI=1S/C17H24N2O3S2/c1-17(10-11-24(21,22)12-17)19-16(20)18-14-8-4-5-9-15(14)23-13-6-2-3-7-13/h4-5,8-9,13H,2-3,6-7,10-12H2,1H3,(H2,18,19,20)/t17-/m1/s1. The molecule has 1 saturated heterocycles. The molecule has 0 spiro atoms. The number of rotatable bonds is 4. The monoisotopic (exact) mass is 368 g/mol. The molecule has 1 aliphatic heterocycles. The predicted octanol–water partition coefficient (Wildman–Crippen LogP) is 3.42. The molecule has 7 heteroatoms. The number of hydrogen-bond donors (Lipinski definition) is 2. The van der Waals surface area contributed by atoms with Gasteiger partial charge in [-0.1, -0.05) is 25.0 Å². The summed E-state index contributed by atoms with van der Waals surface area (Å²) in [6.45, 7) is 1.79. The van der Waals surface area contributed by atoms with E-state index in [1.165, 1.54) is 25.7 Å². The number of amides is 2. The van der Waals surface area contributed by atoms with E-state index in [2.05, 4.69) is 10.6 Å². The summed E-state index contributed by atoms with van der Waals surface area (Å²) in [6, 6.07) is 7.46. The number of para-hydroxylation sites is 1. The molecule has 1 atom stereocenters. The number of hydrogen-bond acceptors (Lipinski definition) is 4. The highest BCUT2D eigenvalue weighted by molar-refractivity contribution is 8.00. The molecule has 2 aliphatic rings. The Morgan fingerprint density at radius 3 is 2.62 bits per heavy atom. The molecule has 2 amide bonds. The average Bonchev–Trinajstić information content (AvgIpc) is 3.08. The number of carbonyl (C=O) groups is 1. The lowest BCUT2D eigenvalue weighted by atomic mass is 10.0. The molecule has 1 heterocycles. The topological polar surface area (TPSA) is 75.3 Å². The van der Waals surface area contributed by atoms with Gasteiger partial charge in [0.1, 0.15) is 0 Å². The van der Waals surface area contributed by atoms with E-state index in [1.54, 1.807) is 6.92 Å². The van der Waals surface area contributed by atoms with Gasteiger partial charge in [0.2, 0.25) is 0 Å². The summed E-state index contributed by atoms with van der Waals surface area (Å²) in [7, 11) is -3.04. The summed E-state index contributed by atoms with van der Waals surface area (Å²) in [5.41, 5.74) is 0.104. The fourth-order valence-corrected chi connectivity index (χ4v) is 6.82. The van der Waals surface area contributed by atoms with Crippen molar-refractivity contribution in [1.29, 1.82) is 0 Å². The second-order valence-corrected chi connectivity index (χ2v) is 10.5. The molecule has 132 valence electrons. The van der Waals surface area contributed by atoms with Crippen molar-refractivity contribution in [2.45, 2.75) is 54.7 Å². The molecule has 2 fully saturated rings. The van der Waals surface area contributed by atoms with Crippen LogP contribution in [0.2, 0.25) is 0 Å². The van der Waals surface area contributed by atoms with Crippen LogP contribution in [0.1, 0.15) is 39.0 Å². The zero-order chi connectivity index (χ0) is 17.2. The van der Waals surface area contributed by atoms with E-state index in [4.69, 9.17) is 0 Å². The van der Waals surface area contributed by atoms with Gasteiger partial charge in [0.15, 0.2) is 9.84 Å². The van der Waals surface area contributed by atoms with Crippen molar-refractivity contribution in [2.24, 2.45) is 0 Å². The summed E-state index contributed by atoms with van der Waals surface area (Å²) >= 11 is 1.82. The van der Waals surface area contributed by atoms with Gasteiger partial charge in [-0.05, 0) is 38.3 Å². The van der Waals surface area contributed by atoms with Gasteiger partial charge in [0.25, 0.3) is 0 Å². The minimum absolute atomic E-state index is 0.00584. The fraction of sp³-hybridized carbons (Fsp3) is 0.588. The Hall–Kier alpha value is -1.21. The molecule has 5 nitrogen and oxygen atoms in total. The van der Waals surface area contributed by atoms with E-state index in [0.29, 0.717) is 11.7 Å². The van der Waals surface area contributed by atoms with Crippen LogP contribution in [0.15, 0.2) is 29.2 Å². The molecule has 0 bridgehead atoms. The molecule has 24 heavy (non-hydrogen) atoms. The predicted molar refractivity (Wildman–Crippen MR) is 98.4 cm³/mol. The van der Waals surface area contributed by atoms with Crippen LogP contribution in [0.5, 0.6) is 0 Å². The Kier molecular flexibility index (Phi) is 5.11. The third-order valence-corrected chi connectivity index (χ3v) is 7.97. The van der Waals surface area contributed by atoms with Gasteiger partial charge in [0.05, 0.1) is 22.7 Å².